The Kier molecular flexibility index (Phi) is 11.3. The lowest BCUT2D eigenvalue weighted by molar-refractivity contribution is -0.140. The number of carbonyl (C=O) groups excluding carboxylic acids is 2. The van der Waals surface area contributed by atoms with Crippen LogP contribution in [0.3, 0.4) is 0 Å². The summed E-state index contributed by atoms with van der Waals surface area (Å²) < 4.78 is 48.3. The van der Waals surface area contributed by atoms with E-state index in [1.807, 2.05) is 36.4 Å². The van der Waals surface area contributed by atoms with Crippen molar-refractivity contribution in [3.8, 4) is 5.75 Å². The van der Waals surface area contributed by atoms with Crippen LogP contribution in [0.5, 0.6) is 5.75 Å². The molecular weight excluding hydrogens is 617 g/mol. The maximum absolute atomic E-state index is 14.6. The molecule has 8 nitrogen and oxygen atoms in total. The van der Waals surface area contributed by atoms with Gasteiger partial charge < -0.3 is 15.0 Å². The Bertz CT molecular complexity index is 1730. The second-order valence-electron chi connectivity index (χ2n) is 11.7. The first kappa shape index (κ1) is 33.7. The van der Waals surface area contributed by atoms with Crippen LogP contribution in [0, 0.1) is 5.82 Å². The van der Waals surface area contributed by atoms with Crippen molar-refractivity contribution in [3.63, 3.8) is 0 Å². The van der Waals surface area contributed by atoms with Gasteiger partial charge in [0.2, 0.25) is 11.8 Å². The molecule has 0 heterocycles. The van der Waals surface area contributed by atoms with E-state index in [0.29, 0.717) is 11.3 Å². The number of anilines is 1. The third kappa shape index (κ3) is 8.77. The first-order chi connectivity index (χ1) is 22.7. The molecule has 0 bridgehead atoms. The van der Waals surface area contributed by atoms with Gasteiger partial charge in [-0.3, -0.25) is 13.9 Å². The number of rotatable bonds is 13. The van der Waals surface area contributed by atoms with Crippen molar-refractivity contribution >= 4 is 27.5 Å². The van der Waals surface area contributed by atoms with E-state index in [2.05, 4.69) is 5.32 Å². The Morgan fingerprint density at radius 3 is 2.15 bits per heavy atom. The van der Waals surface area contributed by atoms with Crippen LogP contribution >= 0.6 is 0 Å². The molecule has 0 aromatic heterocycles. The van der Waals surface area contributed by atoms with Crippen molar-refractivity contribution in [1.82, 2.24) is 10.2 Å². The molecule has 47 heavy (non-hydrogen) atoms. The Morgan fingerprint density at radius 1 is 0.851 bits per heavy atom. The molecule has 246 valence electrons. The lowest BCUT2D eigenvalue weighted by Crippen LogP contribution is -2.55. The summed E-state index contributed by atoms with van der Waals surface area (Å²) in [6.45, 7) is -0.555. The number of hydrogen-bond donors (Lipinski definition) is 1. The molecule has 1 aliphatic rings. The highest BCUT2D eigenvalue weighted by Gasteiger charge is 2.35. The Hall–Kier alpha value is -4.70. The van der Waals surface area contributed by atoms with Gasteiger partial charge in [0.25, 0.3) is 10.0 Å². The molecule has 5 rings (SSSR count). The van der Waals surface area contributed by atoms with Crippen molar-refractivity contribution < 1.29 is 27.1 Å². The van der Waals surface area contributed by atoms with Crippen LogP contribution in [-0.4, -0.2) is 50.9 Å². The van der Waals surface area contributed by atoms with Gasteiger partial charge in [0.05, 0.1) is 17.7 Å². The lowest BCUT2D eigenvalue weighted by Gasteiger charge is -2.35. The molecule has 0 radical (unpaired) electrons. The van der Waals surface area contributed by atoms with Gasteiger partial charge in [-0.2, -0.15) is 0 Å². The number of para-hydroxylation sites is 1. The number of nitrogens with zero attached hydrogens (tertiary/aromatic N) is 2. The van der Waals surface area contributed by atoms with E-state index in [-0.39, 0.29) is 35.5 Å². The molecule has 1 saturated carbocycles. The lowest BCUT2D eigenvalue weighted by atomic mass is 9.94. The van der Waals surface area contributed by atoms with Crippen LogP contribution in [-0.2, 0) is 32.6 Å². The van der Waals surface area contributed by atoms with Crippen molar-refractivity contribution in [2.24, 2.45) is 0 Å². The van der Waals surface area contributed by atoms with Crippen LogP contribution in [0.4, 0.5) is 10.1 Å². The number of methoxy groups -OCH3 is 1. The maximum atomic E-state index is 14.6. The zero-order valence-corrected chi connectivity index (χ0v) is 27.2. The fourth-order valence-corrected chi connectivity index (χ4v) is 7.34. The van der Waals surface area contributed by atoms with Crippen molar-refractivity contribution in [2.45, 2.75) is 62.0 Å². The molecule has 1 N–H and O–H groups in total. The van der Waals surface area contributed by atoms with Gasteiger partial charge in [-0.25, -0.2) is 12.8 Å². The topological polar surface area (TPSA) is 96.0 Å². The highest BCUT2D eigenvalue weighted by molar-refractivity contribution is 7.92. The summed E-state index contributed by atoms with van der Waals surface area (Å²) in [5.41, 5.74) is 1.84. The first-order valence-electron chi connectivity index (χ1n) is 15.8. The highest BCUT2D eigenvalue weighted by Crippen LogP contribution is 2.26. The summed E-state index contributed by atoms with van der Waals surface area (Å²) in [6.07, 6.45) is 5.13. The SMILES string of the molecule is COc1cccc(CN(C(=O)CN(c2ccccc2)S(=O)(=O)c2ccc(F)cc2)[C@@H](Cc2ccccc2)C(=O)NC2CCCCC2)c1. The second-order valence-corrected chi connectivity index (χ2v) is 13.6. The van der Waals surface area contributed by atoms with Crippen LogP contribution in [0.2, 0.25) is 0 Å². The Labute approximate surface area is 276 Å². The zero-order chi connectivity index (χ0) is 33.2. The van der Waals surface area contributed by atoms with Crippen LogP contribution < -0.4 is 14.4 Å². The first-order valence-corrected chi connectivity index (χ1v) is 17.3. The van der Waals surface area contributed by atoms with Gasteiger partial charge in [-0.1, -0.05) is 79.9 Å². The fraction of sp³-hybridized carbons (Fsp3) is 0.297. The predicted molar refractivity (Wildman–Crippen MR) is 180 cm³/mol. The standard InChI is InChI=1S/C37H40FN3O5S/c1-46-33-19-11-14-29(24-33)26-40(35(25-28-12-5-2-6-13-28)37(43)39-31-15-7-3-8-16-31)36(42)27-41(32-17-9-4-10-18-32)47(44,45)34-22-20-30(38)21-23-34/h2,4-6,9-14,17-24,31,35H,3,7-8,15-16,25-27H2,1H3,(H,39,43)/t35-/m0/s1. The number of amides is 2. The minimum absolute atomic E-state index is 0.00275. The fourth-order valence-electron chi connectivity index (χ4n) is 5.92. The van der Waals surface area contributed by atoms with Crippen LogP contribution in [0.25, 0.3) is 0 Å². The summed E-state index contributed by atoms with van der Waals surface area (Å²) in [7, 11) is -2.76. The number of halogens is 1. The van der Waals surface area contributed by atoms with Gasteiger partial charge in [0.15, 0.2) is 0 Å². The van der Waals surface area contributed by atoms with E-state index in [0.717, 1.165) is 54.1 Å². The van der Waals surface area contributed by atoms with Crippen molar-refractivity contribution in [3.05, 3.63) is 126 Å². The molecule has 1 fully saturated rings. The highest BCUT2D eigenvalue weighted by atomic mass is 32.2. The van der Waals surface area contributed by atoms with Crippen molar-refractivity contribution in [2.75, 3.05) is 18.0 Å². The molecule has 1 atom stereocenters. The average Bonchev–Trinajstić information content (AvgIpc) is 3.10. The number of hydrogen-bond acceptors (Lipinski definition) is 5. The molecule has 0 aliphatic heterocycles. The molecular formula is C37H40FN3O5S. The summed E-state index contributed by atoms with van der Waals surface area (Å²) >= 11 is 0. The second kappa shape index (κ2) is 15.7. The van der Waals surface area contributed by atoms with Gasteiger partial charge in [0, 0.05) is 19.0 Å². The third-order valence-corrected chi connectivity index (χ3v) is 10.2. The molecule has 10 heteroatoms. The zero-order valence-electron chi connectivity index (χ0n) is 26.4. The Morgan fingerprint density at radius 2 is 1.49 bits per heavy atom. The van der Waals surface area contributed by atoms with Gasteiger partial charge in [-0.15, -0.1) is 0 Å². The van der Waals surface area contributed by atoms with Gasteiger partial charge in [0.1, 0.15) is 24.2 Å². The summed E-state index contributed by atoms with van der Waals surface area (Å²) in [5, 5.41) is 3.20. The third-order valence-electron chi connectivity index (χ3n) is 8.43. The largest absolute Gasteiger partial charge is 0.497 e. The quantitative estimate of drug-likeness (QED) is 0.187. The minimum Gasteiger partial charge on any atom is -0.497 e. The van der Waals surface area contributed by atoms with Gasteiger partial charge in [-0.05, 0) is 72.5 Å². The van der Waals surface area contributed by atoms with E-state index in [1.165, 1.54) is 17.0 Å². The van der Waals surface area contributed by atoms with Gasteiger partial charge >= 0.3 is 0 Å². The molecule has 2 amide bonds. The molecule has 0 saturated heterocycles. The summed E-state index contributed by atoms with van der Waals surface area (Å²) in [6, 6.07) is 28.5. The van der Waals surface area contributed by atoms with E-state index in [4.69, 9.17) is 4.74 Å². The molecule has 0 unspecified atom stereocenters. The maximum Gasteiger partial charge on any atom is 0.264 e. The number of nitrogens with one attached hydrogen (secondary N) is 1. The molecule has 4 aromatic rings. The predicted octanol–water partition coefficient (Wildman–Crippen LogP) is 6.12. The van der Waals surface area contributed by atoms with E-state index >= 15 is 0 Å². The number of sulfonamides is 1. The monoisotopic (exact) mass is 657 g/mol. The molecule has 4 aromatic carbocycles. The average molecular weight is 658 g/mol. The molecule has 1 aliphatic carbocycles. The van der Waals surface area contributed by atoms with E-state index in [1.54, 1.807) is 55.6 Å². The minimum atomic E-state index is -4.31. The van der Waals surface area contributed by atoms with Crippen LogP contribution in [0.15, 0.2) is 114 Å². The normalized spacial score (nSPS) is 14.2. The van der Waals surface area contributed by atoms with E-state index in [9.17, 15) is 22.4 Å². The number of ether oxygens (including phenoxy) is 1. The number of carbonyl (C=O) groups is 2. The van der Waals surface area contributed by atoms with Crippen molar-refractivity contribution in [1.29, 1.82) is 0 Å². The summed E-state index contributed by atoms with van der Waals surface area (Å²) in [4.78, 5) is 30.1. The molecule has 0 spiro atoms. The number of benzene rings is 4. The van der Waals surface area contributed by atoms with Crippen LogP contribution in [0.1, 0.15) is 43.2 Å². The van der Waals surface area contributed by atoms with E-state index < -0.39 is 34.3 Å². The smallest absolute Gasteiger partial charge is 0.264 e. The summed E-state index contributed by atoms with van der Waals surface area (Å²) in [5.74, 6) is -0.846. The Balaban J connectivity index is 1.56.